The lowest BCUT2D eigenvalue weighted by atomic mass is 10.0. The van der Waals surface area contributed by atoms with E-state index < -0.39 is 29.0 Å². The van der Waals surface area contributed by atoms with Crippen LogP contribution in [0.2, 0.25) is 0 Å². The van der Waals surface area contributed by atoms with E-state index in [0.717, 1.165) is 15.4 Å². The highest BCUT2D eigenvalue weighted by molar-refractivity contribution is 7.87. The van der Waals surface area contributed by atoms with Crippen molar-refractivity contribution in [2.24, 2.45) is 0 Å². The first kappa shape index (κ1) is 16.6. The van der Waals surface area contributed by atoms with Crippen molar-refractivity contribution in [3.05, 3.63) is 71.8 Å². The Morgan fingerprint density at radius 3 is 2.00 bits per heavy atom. The van der Waals surface area contributed by atoms with Crippen LogP contribution in [-0.2, 0) is 28.0 Å². The third-order valence-electron chi connectivity index (χ3n) is 4.02. The molecule has 0 bridgehead atoms. The fraction of sp³-hybridized carbons (Fsp3) is 0.235. The molecule has 24 heavy (non-hydrogen) atoms. The number of halogens is 1. The number of carbonyl (C=O) groups excluding carboxylic acids is 1. The van der Waals surface area contributed by atoms with Gasteiger partial charge in [-0.25, -0.2) is 4.39 Å². The fourth-order valence-electron chi connectivity index (χ4n) is 2.79. The molecule has 1 saturated heterocycles. The van der Waals surface area contributed by atoms with Crippen LogP contribution in [0.5, 0.6) is 0 Å². The SMILES string of the molecule is O=C1[C@H](Cc2ccccc2)N(Cc2ccccc2)S(=O)(=O)N1CF. The van der Waals surface area contributed by atoms with Crippen molar-refractivity contribution in [1.29, 1.82) is 0 Å². The molecule has 1 aliphatic heterocycles. The molecule has 2 aromatic rings. The number of nitrogens with zero attached hydrogens (tertiary/aromatic N) is 2. The highest BCUT2D eigenvalue weighted by Gasteiger charge is 2.50. The second-order valence-electron chi connectivity index (χ2n) is 5.55. The smallest absolute Gasteiger partial charge is 0.272 e. The molecule has 0 radical (unpaired) electrons. The molecule has 1 amide bonds. The Kier molecular flexibility index (Phi) is 4.64. The molecule has 0 saturated carbocycles. The Morgan fingerprint density at radius 2 is 1.46 bits per heavy atom. The lowest BCUT2D eigenvalue weighted by Crippen LogP contribution is -2.36. The largest absolute Gasteiger partial charge is 0.309 e. The van der Waals surface area contributed by atoms with Gasteiger partial charge in [-0.3, -0.25) is 4.79 Å². The molecular weight excluding hydrogens is 331 g/mol. The lowest BCUT2D eigenvalue weighted by molar-refractivity contribution is -0.129. The van der Waals surface area contributed by atoms with Crippen LogP contribution in [0.25, 0.3) is 0 Å². The minimum Gasteiger partial charge on any atom is -0.272 e. The van der Waals surface area contributed by atoms with Gasteiger partial charge < -0.3 is 0 Å². The zero-order chi connectivity index (χ0) is 17.2. The summed E-state index contributed by atoms with van der Waals surface area (Å²) in [6, 6.07) is 17.1. The molecule has 1 atom stereocenters. The molecule has 126 valence electrons. The molecule has 3 rings (SSSR count). The zero-order valence-corrected chi connectivity index (χ0v) is 13.7. The second-order valence-corrected chi connectivity index (χ2v) is 7.36. The first-order valence-corrected chi connectivity index (χ1v) is 8.91. The predicted octanol–water partition coefficient (Wildman–Crippen LogP) is 2.11. The average molecular weight is 348 g/mol. The number of amides is 1. The minimum absolute atomic E-state index is 0.0307. The Labute approximate surface area is 140 Å². The second kappa shape index (κ2) is 6.70. The summed E-state index contributed by atoms with van der Waals surface area (Å²) in [5.41, 5.74) is 1.57. The van der Waals surface area contributed by atoms with Crippen LogP contribution in [0.4, 0.5) is 4.39 Å². The summed E-state index contributed by atoms with van der Waals surface area (Å²) in [7, 11) is -4.15. The number of carbonyl (C=O) groups is 1. The van der Waals surface area contributed by atoms with Crippen LogP contribution in [0.3, 0.4) is 0 Å². The molecule has 1 fully saturated rings. The average Bonchev–Trinajstić information content (AvgIpc) is 2.76. The van der Waals surface area contributed by atoms with Crippen LogP contribution >= 0.6 is 0 Å². The van der Waals surface area contributed by atoms with E-state index in [9.17, 15) is 17.6 Å². The minimum atomic E-state index is -4.15. The standard InChI is InChI=1S/C17H17FN2O3S/c18-13-20-17(21)16(11-14-7-3-1-4-8-14)19(24(20,22)23)12-15-9-5-2-6-10-15/h1-10,16H,11-13H2/t16-/m0/s1. The molecule has 0 aliphatic carbocycles. The van der Waals surface area contributed by atoms with Crippen molar-refractivity contribution in [3.63, 3.8) is 0 Å². The number of hydrogen-bond donors (Lipinski definition) is 0. The van der Waals surface area contributed by atoms with E-state index in [1.165, 1.54) is 0 Å². The molecule has 0 unspecified atom stereocenters. The summed E-state index contributed by atoms with van der Waals surface area (Å²) in [5, 5.41) is 0. The van der Waals surface area contributed by atoms with Gasteiger partial charge in [0.25, 0.3) is 5.91 Å². The topological polar surface area (TPSA) is 57.7 Å². The van der Waals surface area contributed by atoms with Gasteiger partial charge in [-0.1, -0.05) is 60.7 Å². The first-order chi connectivity index (χ1) is 11.5. The van der Waals surface area contributed by atoms with Gasteiger partial charge >= 0.3 is 10.2 Å². The van der Waals surface area contributed by atoms with Crippen molar-refractivity contribution in [3.8, 4) is 0 Å². The highest BCUT2D eigenvalue weighted by atomic mass is 32.2. The van der Waals surface area contributed by atoms with E-state index in [0.29, 0.717) is 4.31 Å². The van der Waals surface area contributed by atoms with Crippen molar-refractivity contribution in [2.45, 2.75) is 19.0 Å². The Hall–Kier alpha value is -2.25. The van der Waals surface area contributed by atoms with Gasteiger partial charge in [0.15, 0.2) is 6.80 Å². The summed E-state index contributed by atoms with van der Waals surface area (Å²) < 4.78 is 39.6. The van der Waals surface area contributed by atoms with E-state index in [1.54, 1.807) is 24.3 Å². The summed E-state index contributed by atoms with van der Waals surface area (Å²) >= 11 is 0. The van der Waals surface area contributed by atoms with Crippen molar-refractivity contribution in [2.75, 3.05) is 6.80 Å². The van der Waals surface area contributed by atoms with E-state index in [-0.39, 0.29) is 13.0 Å². The molecule has 1 aliphatic rings. The van der Waals surface area contributed by atoms with Crippen LogP contribution in [0, 0.1) is 0 Å². The van der Waals surface area contributed by atoms with Gasteiger partial charge in [0.2, 0.25) is 0 Å². The van der Waals surface area contributed by atoms with Gasteiger partial charge in [-0.15, -0.1) is 0 Å². The summed E-state index contributed by atoms with van der Waals surface area (Å²) in [6.07, 6.45) is 0.211. The van der Waals surface area contributed by atoms with Crippen LogP contribution in [-0.4, -0.2) is 35.8 Å². The van der Waals surface area contributed by atoms with Crippen LogP contribution in [0.1, 0.15) is 11.1 Å². The highest BCUT2D eigenvalue weighted by Crippen LogP contribution is 2.28. The maximum Gasteiger partial charge on any atom is 0.309 e. The normalized spacial score (nSPS) is 20.5. The summed E-state index contributed by atoms with van der Waals surface area (Å²) in [5.74, 6) is -0.725. The molecule has 0 spiro atoms. The van der Waals surface area contributed by atoms with Crippen LogP contribution < -0.4 is 0 Å². The number of alkyl halides is 1. The number of benzene rings is 2. The van der Waals surface area contributed by atoms with Gasteiger partial charge in [0.05, 0.1) is 0 Å². The molecular formula is C17H17FN2O3S. The maximum absolute atomic E-state index is 13.2. The number of hydrogen-bond acceptors (Lipinski definition) is 3. The third-order valence-corrected chi connectivity index (χ3v) is 5.83. The molecule has 0 N–H and O–H groups in total. The number of rotatable bonds is 5. The Bertz CT molecular complexity index is 812. The fourth-order valence-corrected chi connectivity index (χ4v) is 4.32. The Morgan fingerprint density at radius 1 is 0.917 bits per heavy atom. The van der Waals surface area contributed by atoms with E-state index in [4.69, 9.17) is 0 Å². The van der Waals surface area contributed by atoms with E-state index in [1.807, 2.05) is 36.4 Å². The van der Waals surface area contributed by atoms with Gasteiger partial charge in [0.1, 0.15) is 6.04 Å². The van der Waals surface area contributed by atoms with E-state index >= 15 is 0 Å². The lowest BCUT2D eigenvalue weighted by Gasteiger charge is -2.20. The first-order valence-electron chi connectivity index (χ1n) is 7.51. The summed E-state index contributed by atoms with van der Waals surface area (Å²) in [4.78, 5) is 12.4. The quantitative estimate of drug-likeness (QED) is 0.778. The van der Waals surface area contributed by atoms with Gasteiger partial charge in [-0.05, 0) is 17.5 Å². The monoisotopic (exact) mass is 348 g/mol. The van der Waals surface area contributed by atoms with Crippen molar-refractivity contribution < 1.29 is 17.6 Å². The van der Waals surface area contributed by atoms with Gasteiger partial charge in [0, 0.05) is 6.54 Å². The molecule has 0 aromatic heterocycles. The third kappa shape index (κ3) is 3.05. The predicted molar refractivity (Wildman–Crippen MR) is 87.7 cm³/mol. The molecule has 7 heteroatoms. The summed E-state index contributed by atoms with van der Waals surface area (Å²) in [6.45, 7) is -1.32. The molecule has 2 aromatic carbocycles. The Balaban J connectivity index is 1.95. The molecule has 1 heterocycles. The van der Waals surface area contributed by atoms with Crippen LogP contribution in [0.15, 0.2) is 60.7 Å². The van der Waals surface area contributed by atoms with Gasteiger partial charge in [-0.2, -0.15) is 17.0 Å². The van der Waals surface area contributed by atoms with E-state index in [2.05, 4.69) is 0 Å². The molecule has 5 nitrogen and oxygen atoms in total. The zero-order valence-electron chi connectivity index (χ0n) is 12.9. The van der Waals surface area contributed by atoms with Crippen molar-refractivity contribution >= 4 is 16.1 Å². The maximum atomic E-state index is 13.2. The van der Waals surface area contributed by atoms with Crippen molar-refractivity contribution in [1.82, 2.24) is 8.61 Å².